The van der Waals surface area contributed by atoms with Crippen LogP contribution in [0, 0.1) is 0 Å². The number of nitrogens with zero attached hydrogens (tertiary/aromatic N) is 3. The largest absolute Gasteiger partial charge is 0.351 e. The van der Waals surface area contributed by atoms with Gasteiger partial charge in [-0.3, -0.25) is 9.78 Å². The summed E-state index contributed by atoms with van der Waals surface area (Å²) in [6.45, 7) is 0.624. The quantitative estimate of drug-likeness (QED) is 0.499. The summed E-state index contributed by atoms with van der Waals surface area (Å²) < 4.78 is 1.76. The number of nitrogens with one attached hydrogen (secondary N) is 1. The summed E-state index contributed by atoms with van der Waals surface area (Å²) in [6.07, 6.45) is 8.65. The summed E-state index contributed by atoms with van der Waals surface area (Å²) in [6, 6.07) is 24.1. The molecule has 1 amide bonds. The molecule has 0 aliphatic heterocycles. The lowest BCUT2D eigenvalue weighted by Gasteiger charge is -2.42. The zero-order chi connectivity index (χ0) is 21.1. The average Bonchev–Trinajstić information content (AvgIpc) is 3.26. The predicted octanol–water partition coefficient (Wildman–Crippen LogP) is 4.79. The second kappa shape index (κ2) is 8.19. The standard InChI is InChI=1S/C26H24N4O/c31-25(28-19-26(14-8-15-26)21-10-3-1-4-11-21)23-18-30(22-12-5-2-6-13-22)29-24(23)20-9-7-16-27-17-20/h1-7,9-13,16-18H,8,14-15,19H2,(H,28,31). The van der Waals surface area contributed by atoms with Gasteiger partial charge in [0, 0.05) is 36.1 Å². The highest BCUT2D eigenvalue weighted by atomic mass is 16.1. The van der Waals surface area contributed by atoms with E-state index in [1.807, 2.05) is 54.7 Å². The van der Waals surface area contributed by atoms with Gasteiger partial charge in [0.2, 0.25) is 0 Å². The second-order valence-corrected chi connectivity index (χ2v) is 8.10. The van der Waals surface area contributed by atoms with Crippen LogP contribution in [0.2, 0.25) is 0 Å². The highest BCUT2D eigenvalue weighted by molar-refractivity contribution is 6.00. The van der Waals surface area contributed by atoms with E-state index in [4.69, 9.17) is 5.10 Å². The van der Waals surface area contributed by atoms with Crippen LogP contribution < -0.4 is 5.32 Å². The normalized spacial score (nSPS) is 14.6. The van der Waals surface area contributed by atoms with Gasteiger partial charge in [0.15, 0.2) is 0 Å². The van der Waals surface area contributed by atoms with Gasteiger partial charge < -0.3 is 5.32 Å². The van der Waals surface area contributed by atoms with E-state index in [9.17, 15) is 4.79 Å². The van der Waals surface area contributed by atoms with Crippen molar-refractivity contribution >= 4 is 5.91 Å². The molecule has 0 spiro atoms. The Bertz CT molecular complexity index is 1170. The number of pyridine rings is 1. The smallest absolute Gasteiger partial charge is 0.255 e. The molecule has 2 aromatic heterocycles. The Hall–Kier alpha value is -3.73. The summed E-state index contributed by atoms with van der Waals surface area (Å²) >= 11 is 0. The molecule has 0 atom stereocenters. The topological polar surface area (TPSA) is 59.8 Å². The van der Waals surface area contributed by atoms with Crippen molar-refractivity contribution in [2.75, 3.05) is 6.54 Å². The van der Waals surface area contributed by atoms with Gasteiger partial charge in [-0.25, -0.2) is 4.68 Å². The molecule has 0 saturated heterocycles. The third-order valence-electron chi connectivity index (χ3n) is 6.20. The third kappa shape index (κ3) is 3.75. The lowest BCUT2D eigenvalue weighted by molar-refractivity contribution is 0.0928. The van der Waals surface area contributed by atoms with Gasteiger partial charge in [-0.15, -0.1) is 0 Å². The fraction of sp³-hybridized carbons (Fsp3) is 0.192. The third-order valence-corrected chi connectivity index (χ3v) is 6.20. The molecule has 0 radical (unpaired) electrons. The Morgan fingerprint density at radius 1 is 0.968 bits per heavy atom. The number of para-hydroxylation sites is 1. The maximum atomic E-state index is 13.3. The van der Waals surface area contributed by atoms with Gasteiger partial charge in [0.05, 0.1) is 11.3 Å². The van der Waals surface area contributed by atoms with Crippen molar-refractivity contribution in [2.45, 2.75) is 24.7 Å². The number of aromatic nitrogens is 3. The number of hydrogen-bond acceptors (Lipinski definition) is 3. The van der Waals surface area contributed by atoms with E-state index in [2.05, 4.69) is 34.6 Å². The fourth-order valence-corrected chi connectivity index (χ4v) is 4.28. The molecule has 1 saturated carbocycles. The summed E-state index contributed by atoms with van der Waals surface area (Å²) in [4.78, 5) is 17.5. The van der Waals surface area contributed by atoms with E-state index in [0.29, 0.717) is 17.8 Å². The maximum Gasteiger partial charge on any atom is 0.255 e. The molecule has 2 heterocycles. The molecule has 5 nitrogen and oxygen atoms in total. The molecular formula is C26H24N4O. The van der Waals surface area contributed by atoms with Gasteiger partial charge in [-0.1, -0.05) is 55.0 Å². The van der Waals surface area contributed by atoms with Gasteiger partial charge in [0.25, 0.3) is 5.91 Å². The van der Waals surface area contributed by atoms with E-state index in [1.165, 1.54) is 12.0 Å². The summed E-state index contributed by atoms with van der Waals surface area (Å²) in [5.74, 6) is -0.108. The van der Waals surface area contributed by atoms with Gasteiger partial charge in [-0.2, -0.15) is 5.10 Å². The van der Waals surface area contributed by atoms with Crippen molar-refractivity contribution in [3.63, 3.8) is 0 Å². The van der Waals surface area contributed by atoms with Gasteiger partial charge in [0.1, 0.15) is 5.69 Å². The monoisotopic (exact) mass is 408 g/mol. The highest BCUT2D eigenvalue weighted by Crippen LogP contribution is 2.43. The molecule has 0 bridgehead atoms. The Morgan fingerprint density at radius 2 is 1.71 bits per heavy atom. The van der Waals surface area contributed by atoms with Crippen molar-refractivity contribution in [3.8, 4) is 16.9 Å². The van der Waals surface area contributed by atoms with Crippen LogP contribution in [0.1, 0.15) is 35.2 Å². The van der Waals surface area contributed by atoms with Crippen molar-refractivity contribution in [2.24, 2.45) is 0 Å². The number of carbonyl (C=O) groups excluding carboxylic acids is 1. The molecule has 1 N–H and O–H groups in total. The highest BCUT2D eigenvalue weighted by Gasteiger charge is 2.39. The van der Waals surface area contributed by atoms with Crippen LogP contribution in [0.3, 0.4) is 0 Å². The van der Waals surface area contributed by atoms with E-state index in [1.54, 1.807) is 17.1 Å². The van der Waals surface area contributed by atoms with E-state index in [0.717, 1.165) is 24.1 Å². The molecule has 5 rings (SSSR count). The Morgan fingerprint density at radius 3 is 2.35 bits per heavy atom. The van der Waals surface area contributed by atoms with Crippen LogP contribution in [0.5, 0.6) is 0 Å². The molecule has 1 fully saturated rings. The summed E-state index contributed by atoms with van der Waals surface area (Å²) in [7, 11) is 0. The van der Waals surface area contributed by atoms with Crippen molar-refractivity contribution in [1.29, 1.82) is 0 Å². The molecule has 1 aliphatic rings. The number of benzene rings is 2. The minimum absolute atomic E-state index is 0.0286. The van der Waals surface area contributed by atoms with Crippen LogP contribution in [0.25, 0.3) is 16.9 Å². The predicted molar refractivity (Wildman–Crippen MR) is 121 cm³/mol. The minimum Gasteiger partial charge on any atom is -0.351 e. The lowest BCUT2D eigenvalue weighted by Crippen LogP contribution is -2.45. The first kappa shape index (κ1) is 19.2. The van der Waals surface area contributed by atoms with Gasteiger partial charge >= 0.3 is 0 Å². The minimum atomic E-state index is -0.108. The van der Waals surface area contributed by atoms with Crippen LogP contribution in [-0.4, -0.2) is 27.2 Å². The maximum absolute atomic E-state index is 13.3. The van der Waals surface area contributed by atoms with E-state index < -0.39 is 0 Å². The summed E-state index contributed by atoms with van der Waals surface area (Å²) in [5.41, 5.74) is 4.25. The molecular weight excluding hydrogens is 384 g/mol. The first-order chi connectivity index (χ1) is 15.3. The van der Waals surface area contributed by atoms with Crippen LogP contribution >= 0.6 is 0 Å². The number of carbonyl (C=O) groups is 1. The van der Waals surface area contributed by atoms with Crippen molar-refractivity contribution in [1.82, 2.24) is 20.1 Å². The summed E-state index contributed by atoms with van der Waals surface area (Å²) in [5, 5.41) is 7.93. The van der Waals surface area contributed by atoms with Crippen LogP contribution in [0.15, 0.2) is 91.4 Å². The number of rotatable bonds is 6. The molecule has 1 aliphatic carbocycles. The van der Waals surface area contributed by atoms with Crippen LogP contribution in [-0.2, 0) is 5.41 Å². The molecule has 31 heavy (non-hydrogen) atoms. The first-order valence-electron chi connectivity index (χ1n) is 10.6. The average molecular weight is 409 g/mol. The van der Waals surface area contributed by atoms with Crippen molar-refractivity contribution < 1.29 is 4.79 Å². The molecule has 2 aromatic carbocycles. The molecule has 4 aromatic rings. The van der Waals surface area contributed by atoms with Gasteiger partial charge in [-0.05, 0) is 42.7 Å². The Balaban J connectivity index is 1.45. The van der Waals surface area contributed by atoms with Crippen LogP contribution in [0.4, 0.5) is 0 Å². The second-order valence-electron chi connectivity index (χ2n) is 8.10. The number of amides is 1. The van der Waals surface area contributed by atoms with E-state index in [-0.39, 0.29) is 11.3 Å². The fourth-order valence-electron chi connectivity index (χ4n) is 4.28. The SMILES string of the molecule is O=C(NCC1(c2ccccc2)CCC1)c1cn(-c2ccccc2)nc1-c1cccnc1. The first-order valence-corrected chi connectivity index (χ1v) is 10.6. The lowest BCUT2D eigenvalue weighted by atomic mass is 9.64. The Labute approximate surface area is 181 Å². The molecule has 154 valence electrons. The number of hydrogen-bond donors (Lipinski definition) is 1. The molecule has 5 heteroatoms. The molecule has 0 unspecified atom stereocenters. The van der Waals surface area contributed by atoms with E-state index >= 15 is 0 Å². The zero-order valence-electron chi connectivity index (χ0n) is 17.2. The zero-order valence-corrected chi connectivity index (χ0v) is 17.2. The van der Waals surface area contributed by atoms with Crippen molar-refractivity contribution in [3.05, 3.63) is 103 Å². The Kier molecular flexibility index (Phi) is 5.08.